The first-order chi connectivity index (χ1) is 23.2. The highest BCUT2D eigenvalue weighted by Gasteiger charge is 2.65. The molecule has 0 bridgehead atoms. The molecular weight excluding hydrogens is 720 g/mol. The van der Waals surface area contributed by atoms with Crippen molar-refractivity contribution in [3.8, 4) is 23.7 Å². The van der Waals surface area contributed by atoms with E-state index in [0.717, 1.165) is 57.3 Å². The number of halogens is 1. The average molecular weight is 778 g/mol. The molecule has 0 amide bonds. The molecule has 4 fully saturated rings. The topological polar surface area (TPSA) is 108 Å². The fraction of sp³-hybridized carbons (Fsp3) is 0.579. The second-order valence-electron chi connectivity index (χ2n) is 14.1. The van der Waals surface area contributed by atoms with E-state index in [1.54, 1.807) is 6.07 Å². The molecule has 4 unspecified atom stereocenters. The number of hydrogen-bond donors (Lipinski definition) is 3. The van der Waals surface area contributed by atoms with E-state index in [1.807, 2.05) is 30.3 Å². The molecular formula is C38H57BrN4O4S2. The first kappa shape index (κ1) is 39.2. The number of benzene rings is 2. The first-order valence-electron chi connectivity index (χ1n) is 17.2. The van der Waals surface area contributed by atoms with Gasteiger partial charge in [-0.3, -0.25) is 14.3 Å². The molecule has 4 aliphatic rings. The summed E-state index contributed by atoms with van der Waals surface area (Å²) in [7, 11) is -6.43. The summed E-state index contributed by atoms with van der Waals surface area (Å²) in [5.74, 6) is 15.1. The lowest BCUT2D eigenvalue weighted by molar-refractivity contribution is 0.308. The molecule has 2 aromatic carbocycles. The van der Waals surface area contributed by atoms with Crippen molar-refractivity contribution >= 4 is 47.4 Å². The zero-order chi connectivity index (χ0) is 35.9. The molecule has 2 aromatic rings. The lowest BCUT2D eigenvalue weighted by Crippen LogP contribution is -2.29. The van der Waals surface area contributed by atoms with Crippen LogP contribution in [-0.2, 0) is 30.9 Å². The number of nitrogens with zero attached hydrogens (tertiary/aromatic N) is 1. The van der Waals surface area contributed by atoms with E-state index in [-0.39, 0.29) is 13.7 Å². The molecule has 0 aromatic heterocycles. The second kappa shape index (κ2) is 16.7. The van der Waals surface area contributed by atoms with Crippen molar-refractivity contribution < 1.29 is 19.7 Å². The van der Waals surface area contributed by atoms with Crippen LogP contribution in [-0.4, -0.2) is 72.3 Å². The molecule has 2 aliphatic carbocycles. The van der Waals surface area contributed by atoms with Crippen LogP contribution in [0, 0.1) is 47.4 Å². The molecule has 2 saturated carbocycles. The number of unbranched alkanes of at least 4 members (excludes halogenated alkanes) is 2. The van der Waals surface area contributed by atoms with Gasteiger partial charge in [-0.15, -0.1) is 11.8 Å². The monoisotopic (exact) mass is 776 g/mol. The predicted molar refractivity (Wildman–Crippen MR) is 211 cm³/mol. The number of sulfonamides is 2. The SMILES string of the molecule is CC1(c2cccc(NS(C)(=O)=O)c2)C2CNCC21.CCCC#CCBr.CCCC#CCN1CC2C(C1)C2(C)c1cccc(NS(C)(=O)=O)c1.[HH].[HH]. The van der Waals surface area contributed by atoms with Gasteiger partial charge in [-0.1, -0.05) is 79.7 Å². The van der Waals surface area contributed by atoms with Gasteiger partial charge in [-0.05, 0) is 85.0 Å². The molecule has 6 rings (SSSR count). The van der Waals surface area contributed by atoms with Gasteiger partial charge >= 0.3 is 0 Å². The maximum atomic E-state index is 11.4. The van der Waals surface area contributed by atoms with Crippen LogP contribution in [0.2, 0.25) is 0 Å². The van der Waals surface area contributed by atoms with Crippen LogP contribution in [0.15, 0.2) is 48.5 Å². The van der Waals surface area contributed by atoms with Gasteiger partial charge in [-0.2, -0.15) is 0 Å². The Bertz CT molecular complexity index is 1780. The molecule has 272 valence electrons. The van der Waals surface area contributed by atoms with Crippen molar-refractivity contribution in [1.82, 2.24) is 10.2 Å². The van der Waals surface area contributed by atoms with Crippen LogP contribution in [0.5, 0.6) is 0 Å². The summed E-state index contributed by atoms with van der Waals surface area (Å²) in [5, 5.41) is 4.20. The maximum absolute atomic E-state index is 11.4. The minimum Gasteiger partial charge on any atom is -0.316 e. The minimum absolute atomic E-state index is 0. The Morgan fingerprint density at radius 2 is 1.22 bits per heavy atom. The number of anilines is 2. The van der Waals surface area contributed by atoms with E-state index in [2.05, 4.69) is 99.1 Å². The Kier molecular flexibility index (Phi) is 13.3. The Hall–Kier alpha value is -2.54. The van der Waals surface area contributed by atoms with E-state index in [0.29, 0.717) is 35.0 Å². The van der Waals surface area contributed by atoms with Crippen LogP contribution < -0.4 is 14.8 Å². The van der Waals surface area contributed by atoms with E-state index >= 15 is 0 Å². The quantitative estimate of drug-likeness (QED) is 0.198. The van der Waals surface area contributed by atoms with Gasteiger partial charge in [0.05, 0.1) is 24.4 Å². The molecule has 2 saturated heterocycles. The maximum Gasteiger partial charge on any atom is 0.229 e. The molecule has 11 heteroatoms. The van der Waals surface area contributed by atoms with Crippen LogP contribution in [0.4, 0.5) is 11.4 Å². The van der Waals surface area contributed by atoms with Gasteiger partial charge in [0, 0.05) is 51.0 Å². The molecule has 3 N–H and O–H groups in total. The van der Waals surface area contributed by atoms with Crippen LogP contribution in [0.3, 0.4) is 0 Å². The van der Waals surface area contributed by atoms with Crippen LogP contribution >= 0.6 is 15.9 Å². The van der Waals surface area contributed by atoms with Gasteiger partial charge in [0.25, 0.3) is 0 Å². The largest absolute Gasteiger partial charge is 0.316 e. The van der Waals surface area contributed by atoms with Gasteiger partial charge in [-0.25, -0.2) is 16.8 Å². The summed E-state index contributed by atoms with van der Waals surface area (Å²) in [5.41, 5.74) is 4.19. The van der Waals surface area contributed by atoms with E-state index in [1.165, 1.54) is 30.1 Å². The van der Waals surface area contributed by atoms with Gasteiger partial charge < -0.3 is 5.32 Å². The molecule has 0 spiro atoms. The average Bonchev–Trinajstić information content (AvgIpc) is 3.51. The van der Waals surface area contributed by atoms with Crippen molar-refractivity contribution in [3.63, 3.8) is 0 Å². The van der Waals surface area contributed by atoms with E-state index < -0.39 is 20.0 Å². The molecule has 2 aliphatic heterocycles. The molecule has 2 heterocycles. The molecule has 8 nitrogen and oxygen atoms in total. The summed E-state index contributed by atoms with van der Waals surface area (Å²) < 4.78 is 50.5. The fourth-order valence-corrected chi connectivity index (χ4v) is 8.96. The number of fused-ring (bicyclic) bond motifs is 2. The number of likely N-dealkylation sites (tertiary alicyclic amines) is 1. The highest BCUT2D eigenvalue weighted by molar-refractivity contribution is 9.09. The number of rotatable bonds is 9. The van der Waals surface area contributed by atoms with Gasteiger partial charge in [0.1, 0.15) is 0 Å². The Labute approximate surface area is 307 Å². The minimum atomic E-state index is -3.23. The third-order valence-corrected chi connectivity index (χ3v) is 11.9. The fourth-order valence-electron chi connectivity index (χ4n) is 7.65. The standard InChI is InChI=1S/C19H26N2O2S.C13H18N2O2S.C6H9Br.2H2/c1-4-5-6-7-11-21-13-17-18(14-21)19(17,2)15-9-8-10-16(12-15)20-24(3,22)23;1-13(11-7-14-8-12(11)13)9-4-3-5-10(6-9)15-18(2,16)17;1-2-3-4-5-6-7;;/h8-10,12,17-18,20H,4-5,11,13-14H2,1-3H3;3-6,11-12,14-15H,7-8H2,1-2H3;2-3,6H2,1H3;2*1H. The Balaban J connectivity index is 0.000000296. The lowest BCUT2D eigenvalue weighted by atomic mass is 9.92. The summed E-state index contributed by atoms with van der Waals surface area (Å²) in [6.45, 7) is 14.1. The third-order valence-electron chi connectivity index (χ3n) is 10.4. The number of nitrogens with one attached hydrogen (secondary N) is 3. The molecule has 0 radical (unpaired) electrons. The van der Waals surface area contributed by atoms with Crippen molar-refractivity contribution in [3.05, 3.63) is 59.7 Å². The Morgan fingerprint density at radius 1 is 0.776 bits per heavy atom. The summed E-state index contributed by atoms with van der Waals surface area (Å²) >= 11 is 3.21. The van der Waals surface area contributed by atoms with Crippen LogP contribution in [0.25, 0.3) is 0 Å². The van der Waals surface area contributed by atoms with Crippen molar-refractivity contribution in [2.24, 2.45) is 23.7 Å². The normalized spacial score (nSPS) is 27.7. The summed E-state index contributed by atoms with van der Waals surface area (Å²) in [4.78, 5) is 2.44. The van der Waals surface area contributed by atoms with Crippen molar-refractivity contribution in [2.75, 3.05) is 60.0 Å². The number of piperidine rings is 2. The lowest BCUT2D eigenvalue weighted by Gasteiger charge is -2.23. The van der Waals surface area contributed by atoms with Gasteiger partial charge in [0.15, 0.2) is 0 Å². The zero-order valence-corrected chi connectivity index (χ0v) is 33.0. The summed E-state index contributed by atoms with van der Waals surface area (Å²) in [6.07, 6.45) is 6.67. The van der Waals surface area contributed by atoms with E-state index in [9.17, 15) is 16.8 Å². The number of alkyl halides is 1. The summed E-state index contributed by atoms with van der Waals surface area (Å²) in [6, 6.07) is 15.7. The Morgan fingerprint density at radius 3 is 1.65 bits per heavy atom. The number of hydrogen-bond acceptors (Lipinski definition) is 6. The second-order valence-corrected chi connectivity index (χ2v) is 18.2. The van der Waals surface area contributed by atoms with Crippen molar-refractivity contribution in [1.29, 1.82) is 0 Å². The first-order valence-corrected chi connectivity index (χ1v) is 22.1. The van der Waals surface area contributed by atoms with Crippen LogP contribution in [0.1, 0.15) is 67.4 Å². The van der Waals surface area contributed by atoms with E-state index in [4.69, 9.17) is 0 Å². The third kappa shape index (κ3) is 10.3. The molecule has 4 atom stereocenters. The molecule has 49 heavy (non-hydrogen) atoms. The smallest absolute Gasteiger partial charge is 0.229 e. The highest BCUT2D eigenvalue weighted by atomic mass is 79.9. The van der Waals surface area contributed by atoms with Gasteiger partial charge in [0.2, 0.25) is 20.0 Å². The van der Waals surface area contributed by atoms with Crippen molar-refractivity contribution in [2.45, 2.75) is 64.2 Å². The predicted octanol–water partition coefficient (Wildman–Crippen LogP) is 6.52. The highest BCUT2D eigenvalue weighted by Crippen LogP contribution is 2.63. The zero-order valence-electron chi connectivity index (χ0n) is 29.8.